The third-order valence-corrected chi connectivity index (χ3v) is 2.97. The van der Waals surface area contributed by atoms with Crippen molar-refractivity contribution in [2.24, 2.45) is 17.4 Å². The van der Waals surface area contributed by atoms with Crippen LogP contribution in [0, 0.1) is 5.92 Å². The number of primary amides is 1. The van der Waals surface area contributed by atoms with Crippen LogP contribution in [0.1, 0.15) is 30.6 Å². The Morgan fingerprint density at radius 3 is 2.56 bits per heavy atom. The highest BCUT2D eigenvalue weighted by Gasteiger charge is 2.11. The highest BCUT2D eigenvalue weighted by atomic mass is 35.5. The molecule has 0 fully saturated rings. The van der Waals surface area contributed by atoms with Crippen LogP contribution >= 0.6 is 11.6 Å². The second-order valence-electron chi connectivity index (χ2n) is 4.77. The maximum absolute atomic E-state index is 11.0. The third kappa shape index (κ3) is 4.20. The zero-order valence-corrected chi connectivity index (χ0v) is 11.5. The van der Waals surface area contributed by atoms with Crippen LogP contribution in [0.15, 0.2) is 18.2 Å². The van der Waals surface area contributed by atoms with E-state index in [-0.39, 0.29) is 6.04 Å². The summed E-state index contributed by atoms with van der Waals surface area (Å²) in [5.41, 5.74) is 12.1. The van der Waals surface area contributed by atoms with Crippen molar-refractivity contribution in [3.63, 3.8) is 0 Å². The van der Waals surface area contributed by atoms with Crippen LogP contribution in [0.25, 0.3) is 0 Å². The SMILES string of the molecule is CC(C)CC(CN)Nc1ccc(C(N)=O)cc1Cl. The Bertz CT molecular complexity index is 421. The molecule has 100 valence electrons. The lowest BCUT2D eigenvalue weighted by molar-refractivity contribution is 0.100. The van der Waals surface area contributed by atoms with E-state index in [0.29, 0.717) is 23.0 Å². The van der Waals surface area contributed by atoms with Gasteiger partial charge in [0.25, 0.3) is 0 Å². The number of halogens is 1. The lowest BCUT2D eigenvalue weighted by Gasteiger charge is -2.21. The number of carbonyl (C=O) groups excluding carboxylic acids is 1. The van der Waals surface area contributed by atoms with E-state index in [1.54, 1.807) is 18.2 Å². The monoisotopic (exact) mass is 269 g/mol. The lowest BCUT2D eigenvalue weighted by atomic mass is 10.0. The van der Waals surface area contributed by atoms with Crippen molar-refractivity contribution < 1.29 is 4.79 Å². The molecule has 0 aliphatic rings. The molecule has 0 saturated heterocycles. The topological polar surface area (TPSA) is 81.1 Å². The molecular weight excluding hydrogens is 250 g/mol. The van der Waals surface area contributed by atoms with Crippen molar-refractivity contribution in [3.05, 3.63) is 28.8 Å². The van der Waals surface area contributed by atoms with Crippen LogP contribution in [0.5, 0.6) is 0 Å². The molecule has 1 atom stereocenters. The molecule has 1 aromatic rings. The van der Waals surface area contributed by atoms with Gasteiger partial charge in [0.05, 0.1) is 10.7 Å². The van der Waals surface area contributed by atoms with E-state index in [9.17, 15) is 4.79 Å². The molecule has 1 unspecified atom stereocenters. The zero-order valence-electron chi connectivity index (χ0n) is 10.7. The highest BCUT2D eigenvalue weighted by molar-refractivity contribution is 6.33. The quantitative estimate of drug-likeness (QED) is 0.741. The minimum Gasteiger partial charge on any atom is -0.380 e. The fourth-order valence-corrected chi connectivity index (χ4v) is 2.02. The van der Waals surface area contributed by atoms with Crippen molar-refractivity contribution in [3.8, 4) is 0 Å². The molecule has 1 aromatic carbocycles. The molecule has 5 N–H and O–H groups in total. The number of nitrogens with two attached hydrogens (primary N) is 2. The van der Waals surface area contributed by atoms with Crippen LogP contribution in [0.4, 0.5) is 5.69 Å². The molecule has 1 rings (SSSR count). The Balaban J connectivity index is 2.80. The highest BCUT2D eigenvalue weighted by Crippen LogP contribution is 2.24. The van der Waals surface area contributed by atoms with Crippen molar-refractivity contribution in [1.82, 2.24) is 0 Å². The molecule has 1 amide bonds. The molecule has 0 radical (unpaired) electrons. The number of amides is 1. The average Bonchev–Trinajstić information content (AvgIpc) is 2.29. The molecule has 0 spiro atoms. The van der Waals surface area contributed by atoms with Crippen LogP contribution in [0.3, 0.4) is 0 Å². The summed E-state index contributed by atoms with van der Waals surface area (Å²) in [5.74, 6) is 0.0655. The molecule has 0 saturated carbocycles. The van der Waals surface area contributed by atoms with Crippen LogP contribution in [-0.4, -0.2) is 18.5 Å². The number of hydrogen-bond donors (Lipinski definition) is 3. The van der Waals surface area contributed by atoms with E-state index in [4.69, 9.17) is 23.1 Å². The molecule has 0 bridgehead atoms. The molecule has 5 heteroatoms. The Hall–Kier alpha value is -1.26. The predicted molar refractivity (Wildman–Crippen MR) is 75.9 cm³/mol. The number of benzene rings is 1. The van der Waals surface area contributed by atoms with Crippen molar-refractivity contribution in [2.75, 3.05) is 11.9 Å². The third-order valence-electron chi connectivity index (χ3n) is 2.65. The number of hydrogen-bond acceptors (Lipinski definition) is 3. The average molecular weight is 270 g/mol. The molecule has 0 aliphatic carbocycles. The second-order valence-corrected chi connectivity index (χ2v) is 5.17. The summed E-state index contributed by atoms with van der Waals surface area (Å²) in [6.45, 7) is 4.82. The van der Waals surface area contributed by atoms with E-state index in [1.165, 1.54) is 0 Å². The van der Waals surface area contributed by atoms with Gasteiger partial charge in [-0.25, -0.2) is 0 Å². The maximum atomic E-state index is 11.0. The number of rotatable bonds is 6. The number of carbonyl (C=O) groups is 1. The summed E-state index contributed by atoms with van der Waals surface area (Å²) < 4.78 is 0. The summed E-state index contributed by atoms with van der Waals surface area (Å²) in [6.07, 6.45) is 0.963. The second kappa shape index (κ2) is 6.61. The van der Waals surface area contributed by atoms with Gasteiger partial charge in [-0.05, 0) is 30.5 Å². The van der Waals surface area contributed by atoms with Gasteiger partial charge in [-0.2, -0.15) is 0 Å². The molecule has 4 nitrogen and oxygen atoms in total. The van der Waals surface area contributed by atoms with Gasteiger partial charge in [-0.1, -0.05) is 25.4 Å². The summed E-state index contributed by atoms with van der Waals surface area (Å²) in [6, 6.07) is 5.14. The Labute approximate surface area is 113 Å². The van der Waals surface area contributed by atoms with Gasteiger partial charge in [0.1, 0.15) is 0 Å². The first kappa shape index (κ1) is 14.8. The van der Waals surface area contributed by atoms with Gasteiger partial charge < -0.3 is 16.8 Å². The largest absolute Gasteiger partial charge is 0.380 e. The van der Waals surface area contributed by atoms with E-state index < -0.39 is 5.91 Å². The standard InChI is InChI=1S/C13H20ClN3O/c1-8(2)5-10(7-15)17-12-4-3-9(13(16)18)6-11(12)14/h3-4,6,8,10,17H,5,7,15H2,1-2H3,(H2,16,18). The van der Waals surface area contributed by atoms with Gasteiger partial charge in [0, 0.05) is 18.2 Å². The van der Waals surface area contributed by atoms with E-state index >= 15 is 0 Å². The van der Waals surface area contributed by atoms with Crippen molar-refractivity contribution in [1.29, 1.82) is 0 Å². The normalized spacial score (nSPS) is 12.5. The first-order chi connectivity index (χ1) is 8.43. The summed E-state index contributed by atoms with van der Waals surface area (Å²) >= 11 is 6.10. The predicted octanol–water partition coefficient (Wildman–Crippen LogP) is 2.22. The Morgan fingerprint density at radius 2 is 2.11 bits per heavy atom. The van der Waals surface area contributed by atoms with Gasteiger partial charge in [-0.15, -0.1) is 0 Å². The Morgan fingerprint density at radius 1 is 1.44 bits per heavy atom. The summed E-state index contributed by atoms with van der Waals surface area (Å²) in [5, 5.41) is 3.77. The fourth-order valence-electron chi connectivity index (χ4n) is 1.79. The molecule has 0 aliphatic heterocycles. The molecule has 0 heterocycles. The molecular formula is C13H20ClN3O. The zero-order chi connectivity index (χ0) is 13.7. The minimum atomic E-state index is -0.485. The molecule has 0 aromatic heterocycles. The van der Waals surface area contributed by atoms with Crippen LogP contribution in [0.2, 0.25) is 5.02 Å². The Kier molecular flexibility index (Phi) is 5.44. The van der Waals surface area contributed by atoms with Crippen molar-refractivity contribution >= 4 is 23.2 Å². The molecule has 18 heavy (non-hydrogen) atoms. The minimum absolute atomic E-state index is 0.168. The van der Waals surface area contributed by atoms with E-state index in [0.717, 1.165) is 12.1 Å². The van der Waals surface area contributed by atoms with Crippen LogP contribution < -0.4 is 16.8 Å². The first-order valence-electron chi connectivity index (χ1n) is 6.00. The number of nitrogens with one attached hydrogen (secondary N) is 1. The fraction of sp³-hybridized carbons (Fsp3) is 0.462. The number of anilines is 1. The first-order valence-corrected chi connectivity index (χ1v) is 6.37. The summed E-state index contributed by atoms with van der Waals surface area (Å²) in [4.78, 5) is 11.0. The van der Waals surface area contributed by atoms with Gasteiger partial charge in [0.15, 0.2) is 0 Å². The van der Waals surface area contributed by atoms with Crippen molar-refractivity contribution in [2.45, 2.75) is 26.3 Å². The van der Waals surface area contributed by atoms with E-state index in [2.05, 4.69) is 19.2 Å². The lowest BCUT2D eigenvalue weighted by Crippen LogP contribution is -2.30. The van der Waals surface area contributed by atoms with Gasteiger partial charge in [-0.3, -0.25) is 4.79 Å². The smallest absolute Gasteiger partial charge is 0.248 e. The van der Waals surface area contributed by atoms with Gasteiger partial charge >= 0.3 is 0 Å². The van der Waals surface area contributed by atoms with E-state index in [1.807, 2.05) is 0 Å². The van der Waals surface area contributed by atoms with Gasteiger partial charge in [0.2, 0.25) is 5.91 Å². The maximum Gasteiger partial charge on any atom is 0.248 e. The summed E-state index contributed by atoms with van der Waals surface area (Å²) in [7, 11) is 0. The van der Waals surface area contributed by atoms with Crippen LogP contribution in [-0.2, 0) is 0 Å².